The third-order valence-corrected chi connectivity index (χ3v) is 3.07. The first-order chi connectivity index (χ1) is 4.86. The molecular weight excluding hydrogens is 126 g/mol. The van der Waals surface area contributed by atoms with E-state index in [4.69, 9.17) is 0 Å². The monoisotopic (exact) mass is 135 g/mol. The van der Waals surface area contributed by atoms with E-state index >= 15 is 0 Å². The van der Waals surface area contributed by atoms with E-state index < -0.39 is 0 Å². The van der Waals surface area contributed by atoms with Crippen LogP contribution in [0, 0.1) is 17.8 Å². The molecule has 1 saturated heterocycles. The van der Waals surface area contributed by atoms with Crippen LogP contribution in [0.4, 0.5) is 0 Å². The summed E-state index contributed by atoms with van der Waals surface area (Å²) in [4.78, 5) is 11.0. The first-order valence-electron chi connectivity index (χ1n) is 3.85. The maximum atomic E-state index is 11.0. The van der Waals surface area contributed by atoms with E-state index in [9.17, 15) is 4.79 Å². The average Bonchev–Trinajstić information content (AvgIpc) is 2.40. The summed E-state index contributed by atoms with van der Waals surface area (Å²) in [5, 5.41) is 2.95. The van der Waals surface area contributed by atoms with Crippen LogP contribution in [0.5, 0.6) is 0 Å². The first-order valence-corrected chi connectivity index (χ1v) is 3.85. The Balaban J connectivity index is 2.03. The molecule has 0 radical (unpaired) electrons. The Kier molecular flexibility index (Phi) is 0.636. The lowest BCUT2D eigenvalue weighted by Gasteiger charge is -2.37. The minimum absolute atomic E-state index is 0.279. The number of allylic oxidation sites excluding steroid dienone is 1. The molecule has 2 bridgehead atoms. The smallest absolute Gasteiger partial charge is 0.226 e. The van der Waals surface area contributed by atoms with Gasteiger partial charge in [0, 0.05) is 6.04 Å². The molecule has 1 N–H and O–H groups in total. The van der Waals surface area contributed by atoms with Crippen LogP contribution >= 0.6 is 0 Å². The van der Waals surface area contributed by atoms with Crippen LogP contribution in [0.15, 0.2) is 12.2 Å². The van der Waals surface area contributed by atoms with Crippen LogP contribution in [-0.2, 0) is 4.79 Å². The van der Waals surface area contributed by atoms with Crippen LogP contribution in [0.2, 0.25) is 0 Å². The Hall–Kier alpha value is -0.790. The SMILES string of the molecule is O=C1N[C@@H]2[C@@H]1[C@@H]1C=C[C@H]2C1. The van der Waals surface area contributed by atoms with E-state index in [2.05, 4.69) is 17.5 Å². The lowest BCUT2D eigenvalue weighted by molar-refractivity contribution is -0.135. The van der Waals surface area contributed by atoms with Crippen molar-refractivity contribution in [1.29, 1.82) is 0 Å². The maximum Gasteiger partial charge on any atom is 0.226 e. The van der Waals surface area contributed by atoms with Crippen molar-refractivity contribution in [3.8, 4) is 0 Å². The summed E-state index contributed by atoms with van der Waals surface area (Å²) < 4.78 is 0. The van der Waals surface area contributed by atoms with Gasteiger partial charge in [-0.1, -0.05) is 12.2 Å². The van der Waals surface area contributed by atoms with Gasteiger partial charge in [0.05, 0.1) is 5.92 Å². The summed E-state index contributed by atoms with van der Waals surface area (Å²) in [5.74, 6) is 1.90. The highest BCUT2D eigenvalue weighted by atomic mass is 16.2. The molecule has 0 spiro atoms. The van der Waals surface area contributed by atoms with Crippen molar-refractivity contribution in [2.75, 3.05) is 0 Å². The van der Waals surface area contributed by atoms with Gasteiger partial charge >= 0.3 is 0 Å². The molecule has 10 heavy (non-hydrogen) atoms. The van der Waals surface area contributed by atoms with Crippen molar-refractivity contribution in [3.05, 3.63) is 12.2 Å². The molecule has 3 aliphatic rings. The van der Waals surface area contributed by atoms with Crippen molar-refractivity contribution in [2.45, 2.75) is 12.5 Å². The van der Waals surface area contributed by atoms with Gasteiger partial charge in [0.15, 0.2) is 0 Å². The molecule has 2 aliphatic carbocycles. The molecule has 4 atom stereocenters. The third-order valence-electron chi connectivity index (χ3n) is 3.07. The standard InChI is InChI=1S/C8H9NO/c10-8-6-4-1-2-5(3-4)7(6)9-8/h1-2,4-7H,3H2,(H,9,10)/t4-,5+,6+,7+/m1/s1. The number of β-lactam (4-membered cyclic amide) rings is 1. The molecule has 1 aliphatic heterocycles. The Morgan fingerprint density at radius 2 is 2.20 bits per heavy atom. The van der Waals surface area contributed by atoms with Gasteiger partial charge in [-0.05, 0) is 18.3 Å². The van der Waals surface area contributed by atoms with Gasteiger partial charge in [-0.3, -0.25) is 4.79 Å². The van der Waals surface area contributed by atoms with E-state index in [1.165, 1.54) is 6.42 Å². The van der Waals surface area contributed by atoms with E-state index in [-0.39, 0.29) is 5.91 Å². The second-order valence-corrected chi connectivity index (χ2v) is 3.51. The molecule has 0 aromatic rings. The summed E-state index contributed by atoms with van der Waals surface area (Å²) in [6.07, 6.45) is 5.68. The zero-order chi connectivity index (χ0) is 6.72. The van der Waals surface area contributed by atoms with Gasteiger partial charge in [0.1, 0.15) is 0 Å². The predicted molar refractivity (Wildman–Crippen MR) is 36.2 cm³/mol. The van der Waals surface area contributed by atoms with Crippen molar-refractivity contribution in [2.24, 2.45) is 17.8 Å². The summed E-state index contributed by atoms with van der Waals surface area (Å²) >= 11 is 0. The molecule has 2 fully saturated rings. The zero-order valence-corrected chi connectivity index (χ0v) is 5.58. The van der Waals surface area contributed by atoms with Crippen LogP contribution in [0.1, 0.15) is 6.42 Å². The molecule has 1 heterocycles. The second-order valence-electron chi connectivity index (χ2n) is 3.51. The Morgan fingerprint density at radius 3 is 2.80 bits per heavy atom. The highest BCUT2D eigenvalue weighted by Crippen LogP contribution is 2.47. The van der Waals surface area contributed by atoms with Gasteiger partial charge in [-0.25, -0.2) is 0 Å². The Bertz CT molecular complexity index is 233. The van der Waals surface area contributed by atoms with E-state index in [0.29, 0.717) is 23.8 Å². The molecule has 52 valence electrons. The van der Waals surface area contributed by atoms with Crippen LogP contribution in [0.3, 0.4) is 0 Å². The van der Waals surface area contributed by atoms with E-state index in [1.54, 1.807) is 0 Å². The van der Waals surface area contributed by atoms with Crippen molar-refractivity contribution in [1.82, 2.24) is 5.32 Å². The second kappa shape index (κ2) is 1.29. The first kappa shape index (κ1) is 4.94. The predicted octanol–water partition coefficient (Wildman–Crippen LogP) is 0.307. The fourth-order valence-corrected chi connectivity index (χ4v) is 2.54. The molecule has 3 rings (SSSR count). The molecule has 2 nitrogen and oxygen atoms in total. The number of amides is 1. The molecule has 2 heteroatoms. The molecule has 1 amide bonds. The highest BCUT2D eigenvalue weighted by molar-refractivity contribution is 5.87. The third kappa shape index (κ3) is 0.349. The lowest BCUT2D eigenvalue weighted by Crippen LogP contribution is -2.59. The van der Waals surface area contributed by atoms with Crippen molar-refractivity contribution in [3.63, 3.8) is 0 Å². The van der Waals surface area contributed by atoms with Crippen LogP contribution in [-0.4, -0.2) is 11.9 Å². The average molecular weight is 135 g/mol. The number of hydrogen-bond acceptors (Lipinski definition) is 1. The van der Waals surface area contributed by atoms with E-state index in [0.717, 1.165) is 0 Å². The van der Waals surface area contributed by atoms with Crippen LogP contribution in [0.25, 0.3) is 0 Å². The van der Waals surface area contributed by atoms with E-state index in [1.807, 2.05) is 0 Å². The van der Waals surface area contributed by atoms with Crippen molar-refractivity contribution < 1.29 is 4.79 Å². The molecule has 0 aromatic carbocycles. The summed E-state index contributed by atoms with van der Waals surface area (Å²) in [5.41, 5.74) is 0. The van der Waals surface area contributed by atoms with Gasteiger partial charge in [-0.2, -0.15) is 0 Å². The largest absolute Gasteiger partial charge is 0.352 e. The fraction of sp³-hybridized carbons (Fsp3) is 0.625. The minimum atomic E-state index is 0.279. The number of fused-ring (bicyclic) bond motifs is 5. The van der Waals surface area contributed by atoms with Gasteiger partial charge in [0.2, 0.25) is 5.91 Å². The molecule has 0 unspecified atom stereocenters. The number of carbonyl (C=O) groups excluding carboxylic acids is 1. The van der Waals surface area contributed by atoms with Gasteiger partial charge in [0.25, 0.3) is 0 Å². The number of rotatable bonds is 0. The molecular formula is C8H9NO. The number of hydrogen-bond donors (Lipinski definition) is 1. The minimum Gasteiger partial charge on any atom is -0.352 e. The summed E-state index contributed by atoms with van der Waals surface area (Å²) in [6, 6.07) is 0.516. The Morgan fingerprint density at radius 1 is 1.40 bits per heavy atom. The number of nitrogens with one attached hydrogen (secondary N) is 1. The summed E-state index contributed by atoms with van der Waals surface area (Å²) in [6.45, 7) is 0. The Labute approximate surface area is 59.3 Å². The van der Waals surface area contributed by atoms with Crippen LogP contribution < -0.4 is 5.32 Å². The number of carbonyl (C=O) groups is 1. The lowest BCUT2D eigenvalue weighted by atomic mass is 9.82. The normalized spacial score (nSPS) is 54.2. The molecule has 1 saturated carbocycles. The van der Waals surface area contributed by atoms with Gasteiger partial charge < -0.3 is 5.32 Å². The molecule has 0 aromatic heterocycles. The topological polar surface area (TPSA) is 29.1 Å². The maximum absolute atomic E-state index is 11.0. The highest BCUT2D eigenvalue weighted by Gasteiger charge is 2.54. The van der Waals surface area contributed by atoms with Crippen molar-refractivity contribution >= 4 is 5.91 Å². The van der Waals surface area contributed by atoms with Gasteiger partial charge in [-0.15, -0.1) is 0 Å². The fourth-order valence-electron chi connectivity index (χ4n) is 2.54. The summed E-state index contributed by atoms with van der Waals surface area (Å²) in [7, 11) is 0. The quantitative estimate of drug-likeness (QED) is 0.376. The zero-order valence-electron chi connectivity index (χ0n) is 5.58.